The van der Waals surface area contributed by atoms with Crippen LogP contribution in [-0.2, 0) is 9.53 Å². The summed E-state index contributed by atoms with van der Waals surface area (Å²) in [5, 5.41) is 2.97. The fourth-order valence-corrected chi connectivity index (χ4v) is 3.47. The number of anilines is 1. The Hall–Kier alpha value is -1.88. The van der Waals surface area contributed by atoms with Crippen LogP contribution < -0.4 is 5.32 Å². The molecule has 5 heteroatoms. The number of carbonyl (C=O) groups is 2. The van der Waals surface area contributed by atoms with Crippen molar-refractivity contribution in [1.82, 2.24) is 4.90 Å². The van der Waals surface area contributed by atoms with Crippen molar-refractivity contribution >= 4 is 17.5 Å². The minimum atomic E-state index is 0.0206. The Balaban J connectivity index is 1.59. The lowest BCUT2D eigenvalue weighted by atomic mass is 9.98. The molecule has 2 saturated heterocycles. The third-order valence-electron chi connectivity index (χ3n) is 4.87. The van der Waals surface area contributed by atoms with Crippen molar-refractivity contribution in [2.75, 3.05) is 31.6 Å². The smallest absolute Gasteiger partial charge is 0.253 e. The van der Waals surface area contributed by atoms with Gasteiger partial charge >= 0.3 is 0 Å². The van der Waals surface area contributed by atoms with Crippen LogP contribution in [0.5, 0.6) is 0 Å². The van der Waals surface area contributed by atoms with Crippen LogP contribution >= 0.6 is 0 Å². The summed E-state index contributed by atoms with van der Waals surface area (Å²) in [6.45, 7) is 5.11. The number of nitrogens with zero attached hydrogens (tertiary/aromatic N) is 1. The number of nitrogens with one attached hydrogen (secondary N) is 1. The molecule has 2 amide bonds. The van der Waals surface area contributed by atoms with Gasteiger partial charge < -0.3 is 15.0 Å². The van der Waals surface area contributed by atoms with Crippen molar-refractivity contribution in [2.45, 2.75) is 39.0 Å². The van der Waals surface area contributed by atoms with Crippen molar-refractivity contribution in [1.29, 1.82) is 0 Å². The highest BCUT2D eigenvalue weighted by atomic mass is 16.5. The first kappa shape index (κ1) is 17.0. The molecule has 1 N–H and O–H groups in total. The van der Waals surface area contributed by atoms with E-state index in [4.69, 9.17) is 4.74 Å². The van der Waals surface area contributed by atoms with Crippen LogP contribution in [-0.4, -0.2) is 43.0 Å². The van der Waals surface area contributed by atoms with E-state index in [1.807, 2.05) is 30.0 Å². The summed E-state index contributed by atoms with van der Waals surface area (Å²) < 4.78 is 5.43. The summed E-state index contributed by atoms with van der Waals surface area (Å²) >= 11 is 0. The maximum absolute atomic E-state index is 12.4. The Labute approximate surface area is 143 Å². The lowest BCUT2D eigenvalue weighted by Gasteiger charge is -2.21. The molecule has 2 aliphatic rings. The van der Waals surface area contributed by atoms with E-state index in [2.05, 4.69) is 5.32 Å². The van der Waals surface area contributed by atoms with Crippen molar-refractivity contribution in [2.24, 2.45) is 5.92 Å². The molecule has 2 heterocycles. The molecule has 0 saturated carbocycles. The van der Waals surface area contributed by atoms with E-state index in [9.17, 15) is 9.59 Å². The molecule has 2 fully saturated rings. The van der Waals surface area contributed by atoms with E-state index in [0.29, 0.717) is 24.5 Å². The number of amides is 2. The first-order chi connectivity index (χ1) is 11.6. The van der Waals surface area contributed by atoms with Crippen molar-refractivity contribution in [3.8, 4) is 0 Å². The molecule has 5 nitrogen and oxygen atoms in total. The van der Waals surface area contributed by atoms with Gasteiger partial charge in [0.05, 0.1) is 0 Å². The molecule has 0 bridgehead atoms. The normalized spacial score (nSPS) is 20.9. The van der Waals surface area contributed by atoms with Crippen LogP contribution in [0.2, 0.25) is 0 Å². The summed E-state index contributed by atoms with van der Waals surface area (Å²) in [5.41, 5.74) is 2.41. The quantitative estimate of drug-likeness (QED) is 0.923. The minimum Gasteiger partial charge on any atom is -0.381 e. The van der Waals surface area contributed by atoms with Crippen molar-refractivity contribution in [3.63, 3.8) is 0 Å². The van der Waals surface area contributed by atoms with E-state index < -0.39 is 0 Å². The van der Waals surface area contributed by atoms with E-state index in [0.717, 1.165) is 56.6 Å². The molecule has 2 aliphatic heterocycles. The number of aryl methyl sites for hydroxylation is 1. The summed E-state index contributed by atoms with van der Waals surface area (Å²) in [6.07, 6.45) is 4.75. The summed E-state index contributed by atoms with van der Waals surface area (Å²) in [6, 6.07) is 5.53. The Morgan fingerprint density at radius 1 is 1.25 bits per heavy atom. The monoisotopic (exact) mass is 330 g/mol. The number of rotatable bonds is 4. The molecule has 0 aliphatic carbocycles. The summed E-state index contributed by atoms with van der Waals surface area (Å²) in [5.74, 6) is 0.426. The standard InChI is InChI=1S/C19H26N2O3/c1-14-11-16(19(23)21-8-2-3-9-21)6-7-17(14)20-18(22)12-15-5-4-10-24-13-15/h6-7,11,15H,2-5,8-10,12-13H2,1H3,(H,20,22). The van der Waals surface area contributed by atoms with Gasteiger partial charge in [-0.1, -0.05) is 0 Å². The zero-order valence-corrected chi connectivity index (χ0v) is 14.3. The second-order valence-electron chi connectivity index (χ2n) is 6.86. The van der Waals surface area contributed by atoms with Gasteiger partial charge in [-0.05, 0) is 62.3 Å². The van der Waals surface area contributed by atoms with Gasteiger partial charge in [-0.25, -0.2) is 0 Å². The average Bonchev–Trinajstić information content (AvgIpc) is 3.11. The van der Waals surface area contributed by atoms with Crippen molar-refractivity contribution < 1.29 is 14.3 Å². The minimum absolute atomic E-state index is 0.0206. The first-order valence-corrected chi connectivity index (χ1v) is 8.91. The summed E-state index contributed by atoms with van der Waals surface area (Å²) in [4.78, 5) is 26.5. The van der Waals surface area contributed by atoms with Gasteiger partial charge in [0, 0.05) is 44.0 Å². The number of hydrogen-bond donors (Lipinski definition) is 1. The predicted molar refractivity (Wildman–Crippen MR) is 93.1 cm³/mol. The van der Waals surface area contributed by atoms with E-state index in [1.165, 1.54) is 0 Å². The van der Waals surface area contributed by atoms with Gasteiger partial charge in [0.2, 0.25) is 5.91 Å². The van der Waals surface area contributed by atoms with Gasteiger partial charge in [0.15, 0.2) is 0 Å². The van der Waals surface area contributed by atoms with E-state index in [1.54, 1.807) is 0 Å². The van der Waals surface area contributed by atoms with Gasteiger partial charge in [0.1, 0.15) is 0 Å². The average molecular weight is 330 g/mol. The Kier molecular flexibility index (Phi) is 5.51. The fourth-order valence-electron chi connectivity index (χ4n) is 3.47. The van der Waals surface area contributed by atoms with Gasteiger partial charge in [-0.3, -0.25) is 9.59 Å². The third kappa shape index (κ3) is 4.15. The van der Waals surface area contributed by atoms with Crippen LogP contribution in [0.15, 0.2) is 18.2 Å². The highest BCUT2D eigenvalue weighted by molar-refractivity contribution is 5.96. The number of benzene rings is 1. The molecule has 0 aromatic heterocycles. The SMILES string of the molecule is Cc1cc(C(=O)N2CCCC2)ccc1NC(=O)CC1CCCOC1. The second-order valence-corrected chi connectivity index (χ2v) is 6.86. The van der Waals surface area contributed by atoms with Gasteiger partial charge in [0.25, 0.3) is 5.91 Å². The molecule has 0 radical (unpaired) electrons. The maximum atomic E-state index is 12.4. The zero-order valence-electron chi connectivity index (χ0n) is 14.3. The number of ether oxygens (including phenoxy) is 1. The molecule has 0 spiro atoms. The highest BCUT2D eigenvalue weighted by Crippen LogP contribution is 2.22. The lowest BCUT2D eigenvalue weighted by Crippen LogP contribution is -2.27. The Morgan fingerprint density at radius 2 is 2.04 bits per heavy atom. The molecule has 1 unspecified atom stereocenters. The maximum Gasteiger partial charge on any atom is 0.253 e. The zero-order chi connectivity index (χ0) is 16.9. The molecular formula is C19H26N2O3. The van der Waals surface area contributed by atoms with E-state index >= 15 is 0 Å². The highest BCUT2D eigenvalue weighted by Gasteiger charge is 2.21. The van der Waals surface area contributed by atoms with Crippen LogP contribution in [0.4, 0.5) is 5.69 Å². The van der Waals surface area contributed by atoms with Gasteiger partial charge in [-0.2, -0.15) is 0 Å². The molecule has 1 aromatic rings. The topological polar surface area (TPSA) is 58.6 Å². The molecule has 1 aromatic carbocycles. The molecule has 130 valence electrons. The largest absolute Gasteiger partial charge is 0.381 e. The molecule has 24 heavy (non-hydrogen) atoms. The fraction of sp³-hybridized carbons (Fsp3) is 0.579. The third-order valence-corrected chi connectivity index (χ3v) is 4.87. The summed E-state index contributed by atoms with van der Waals surface area (Å²) in [7, 11) is 0. The number of hydrogen-bond acceptors (Lipinski definition) is 3. The predicted octanol–water partition coefficient (Wildman–Crippen LogP) is 2.99. The van der Waals surface area contributed by atoms with Crippen molar-refractivity contribution in [3.05, 3.63) is 29.3 Å². The van der Waals surface area contributed by atoms with Crippen LogP contribution in [0.1, 0.15) is 48.0 Å². The lowest BCUT2D eigenvalue weighted by molar-refractivity contribution is -0.118. The van der Waals surface area contributed by atoms with Crippen LogP contribution in [0.3, 0.4) is 0 Å². The molecule has 3 rings (SSSR count). The molecular weight excluding hydrogens is 304 g/mol. The van der Waals surface area contributed by atoms with E-state index in [-0.39, 0.29) is 11.8 Å². The van der Waals surface area contributed by atoms with Crippen LogP contribution in [0, 0.1) is 12.8 Å². The second kappa shape index (κ2) is 7.79. The van der Waals surface area contributed by atoms with Crippen LogP contribution in [0.25, 0.3) is 0 Å². The molecule has 1 atom stereocenters. The van der Waals surface area contributed by atoms with Gasteiger partial charge in [-0.15, -0.1) is 0 Å². The Bertz CT molecular complexity index is 603. The number of carbonyl (C=O) groups excluding carboxylic acids is 2. The Morgan fingerprint density at radius 3 is 2.71 bits per heavy atom. The number of likely N-dealkylation sites (tertiary alicyclic amines) is 1. The first-order valence-electron chi connectivity index (χ1n) is 8.91.